The van der Waals surface area contributed by atoms with Crippen molar-refractivity contribution in [3.8, 4) is 0 Å². The number of rotatable bonds is 72. The average Bonchev–Trinajstić information content (AvgIpc) is 2.32. The number of esters is 4. The van der Waals surface area contributed by atoms with Crippen molar-refractivity contribution in [2.24, 2.45) is 17.8 Å². The van der Waals surface area contributed by atoms with Gasteiger partial charge in [0.05, 0.1) is 26.4 Å². The molecular formula is C74H144O17P2. The smallest absolute Gasteiger partial charge is 0.462 e. The van der Waals surface area contributed by atoms with E-state index in [-0.39, 0.29) is 25.7 Å². The molecule has 0 aliphatic rings. The molecule has 0 radical (unpaired) electrons. The van der Waals surface area contributed by atoms with Crippen LogP contribution in [0.25, 0.3) is 0 Å². The zero-order chi connectivity index (χ0) is 68.7. The summed E-state index contributed by atoms with van der Waals surface area (Å²) in [6.45, 7) is 11.8. The molecule has 0 saturated heterocycles. The van der Waals surface area contributed by atoms with Gasteiger partial charge in [0.15, 0.2) is 12.2 Å². The third-order valence-corrected chi connectivity index (χ3v) is 19.0. The number of phosphoric acid groups is 2. The molecule has 19 heteroatoms. The van der Waals surface area contributed by atoms with Crippen molar-refractivity contribution in [2.45, 2.75) is 394 Å². The zero-order valence-corrected chi connectivity index (χ0v) is 62.5. The van der Waals surface area contributed by atoms with Crippen LogP contribution >= 0.6 is 15.6 Å². The highest BCUT2D eigenvalue weighted by atomic mass is 31.2. The van der Waals surface area contributed by atoms with Crippen molar-refractivity contribution in [3.63, 3.8) is 0 Å². The third-order valence-electron chi connectivity index (χ3n) is 17.1. The van der Waals surface area contributed by atoms with Gasteiger partial charge < -0.3 is 33.8 Å². The minimum atomic E-state index is -4.96. The molecule has 0 aliphatic carbocycles. The summed E-state index contributed by atoms with van der Waals surface area (Å²) in [5, 5.41) is 10.6. The summed E-state index contributed by atoms with van der Waals surface area (Å²) in [5.74, 6) is 0.138. The number of aliphatic hydroxyl groups excluding tert-OH is 1. The first-order valence-corrected chi connectivity index (χ1v) is 41.3. The second-order valence-electron chi connectivity index (χ2n) is 28.1. The molecular weight excluding hydrogens is 1220 g/mol. The summed E-state index contributed by atoms with van der Waals surface area (Å²) in [6, 6.07) is 0. The molecule has 17 nitrogen and oxygen atoms in total. The van der Waals surface area contributed by atoms with E-state index in [1.54, 1.807) is 0 Å². The van der Waals surface area contributed by atoms with E-state index in [2.05, 4.69) is 48.5 Å². The molecule has 552 valence electrons. The van der Waals surface area contributed by atoms with Crippen LogP contribution in [0.2, 0.25) is 0 Å². The van der Waals surface area contributed by atoms with Gasteiger partial charge in [0.1, 0.15) is 19.3 Å². The third kappa shape index (κ3) is 68.4. The molecule has 93 heavy (non-hydrogen) atoms. The van der Waals surface area contributed by atoms with Crippen LogP contribution in [0.5, 0.6) is 0 Å². The number of phosphoric ester groups is 2. The van der Waals surface area contributed by atoms with Crippen LogP contribution in [0.15, 0.2) is 0 Å². The highest BCUT2D eigenvalue weighted by Gasteiger charge is 2.30. The Kier molecular flexibility index (Phi) is 63.4. The molecule has 0 aromatic heterocycles. The van der Waals surface area contributed by atoms with Gasteiger partial charge in [-0.25, -0.2) is 9.13 Å². The van der Waals surface area contributed by atoms with Gasteiger partial charge in [-0.3, -0.25) is 37.3 Å². The average molecular weight is 1370 g/mol. The number of carbonyl (C=O) groups excluding carboxylic acids is 4. The number of ether oxygens (including phenoxy) is 4. The maximum absolute atomic E-state index is 13.1. The number of aliphatic hydroxyl groups is 1. The van der Waals surface area contributed by atoms with Gasteiger partial charge in [-0.05, 0) is 43.4 Å². The van der Waals surface area contributed by atoms with E-state index in [1.165, 1.54) is 186 Å². The summed E-state index contributed by atoms with van der Waals surface area (Å²) in [6.07, 6.45) is 49.9. The summed E-state index contributed by atoms with van der Waals surface area (Å²) in [7, 11) is -9.91. The maximum Gasteiger partial charge on any atom is 0.472 e. The molecule has 0 fully saturated rings. The van der Waals surface area contributed by atoms with Gasteiger partial charge in [-0.1, -0.05) is 325 Å². The molecule has 5 atom stereocenters. The predicted octanol–water partition coefficient (Wildman–Crippen LogP) is 21.4. The Labute approximate surface area is 568 Å². The van der Waals surface area contributed by atoms with Crippen molar-refractivity contribution < 1.29 is 80.2 Å². The first-order chi connectivity index (χ1) is 44.7. The quantitative estimate of drug-likeness (QED) is 0.0222. The van der Waals surface area contributed by atoms with Gasteiger partial charge in [0.25, 0.3) is 0 Å². The molecule has 0 bridgehead atoms. The summed E-state index contributed by atoms with van der Waals surface area (Å²) in [5.41, 5.74) is 0. The zero-order valence-electron chi connectivity index (χ0n) is 60.7. The summed E-state index contributed by atoms with van der Waals surface area (Å²) in [4.78, 5) is 72.7. The Bertz CT molecular complexity index is 1820. The predicted molar refractivity (Wildman–Crippen MR) is 377 cm³/mol. The van der Waals surface area contributed by atoms with E-state index >= 15 is 0 Å². The van der Waals surface area contributed by atoms with E-state index in [4.69, 9.17) is 37.0 Å². The lowest BCUT2D eigenvalue weighted by Crippen LogP contribution is -2.30. The van der Waals surface area contributed by atoms with Gasteiger partial charge >= 0.3 is 39.5 Å². The summed E-state index contributed by atoms with van der Waals surface area (Å²) < 4.78 is 68.5. The van der Waals surface area contributed by atoms with Crippen molar-refractivity contribution in [1.29, 1.82) is 0 Å². The van der Waals surface area contributed by atoms with Crippen LogP contribution in [-0.4, -0.2) is 96.7 Å². The fourth-order valence-corrected chi connectivity index (χ4v) is 12.8. The topological polar surface area (TPSA) is 237 Å². The Balaban J connectivity index is 5.25. The van der Waals surface area contributed by atoms with E-state index in [0.29, 0.717) is 25.7 Å². The molecule has 2 unspecified atom stereocenters. The van der Waals surface area contributed by atoms with Gasteiger partial charge in [-0.15, -0.1) is 0 Å². The minimum Gasteiger partial charge on any atom is -0.462 e. The number of carbonyl (C=O) groups is 4. The highest BCUT2D eigenvalue weighted by Crippen LogP contribution is 2.45. The fraction of sp³-hybridized carbons (Fsp3) is 0.946. The van der Waals surface area contributed by atoms with Crippen molar-refractivity contribution in [1.82, 2.24) is 0 Å². The van der Waals surface area contributed by atoms with Crippen molar-refractivity contribution in [3.05, 3.63) is 0 Å². The Hall–Kier alpha value is -1.94. The van der Waals surface area contributed by atoms with Gasteiger partial charge in [0.2, 0.25) is 0 Å². The molecule has 0 rings (SSSR count). The lowest BCUT2D eigenvalue weighted by molar-refractivity contribution is -0.161. The molecule has 0 spiro atoms. The standard InChI is InChI=1S/C74H144O17P2/c1-8-9-10-11-12-13-14-17-21-26-34-41-48-55-71(76)84-61-69(90-73(78)57-50-43-36-27-22-19-16-15-18-20-24-31-38-45-52-65(2)3)63-88-92(80,81)86-59-68(75)60-87-93(82,83)89-64-70(62-85-72(77)56-49-42-35-30-29-33-40-47-54-67(6)7)91-74(79)58-51-44-37-28-23-25-32-39-46-53-66(4)5/h65-70,75H,8-64H2,1-7H3,(H,80,81)(H,82,83)/t68-,69-,70-/m1/s1. The number of unbranched alkanes of at least 4 members (excludes halogenated alkanes) is 40. The molecule has 0 saturated carbocycles. The molecule has 0 amide bonds. The number of hydrogen-bond donors (Lipinski definition) is 3. The maximum atomic E-state index is 13.1. The van der Waals surface area contributed by atoms with E-state index in [0.717, 1.165) is 108 Å². The van der Waals surface area contributed by atoms with E-state index in [9.17, 15) is 43.2 Å². The van der Waals surface area contributed by atoms with Crippen LogP contribution in [0.3, 0.4) is 0 Å². The summed E-state index contributed by atoms with van der Waals surface area (Å²) >= 11 is 0. The minimum absolute atomic E-state index is 0.105. The monoisotopic (exact) mass is 1370 g/mol. The normalized spacial score (nSPS) is 14.1. The van der Waals surface area contributed by atoms with Crippen LogP contribution < -0.4 is 0 Å². The lowest BCUT2D eigenvalue weighted by atomic mass is 10.0. The molecule has 3 N–H and O–H groups in total. The number of hydrogen-bond acceptors (Lipinski definition) is 15. The first kappa shape index (κ1) is 91.1. The first-order valence-electron chi connectivity index (χ1n) is 38.3. The largest absolute Gasteiger partial charge is 0.472 e. The van der Waals surface area contributed by atoms with E-state index in [1.807, 2.05) is 0 Å². The van der Waals surface area contributed by atoms with E-state index < -0.39 is 97.5 Å². The Morgan fingerprint density at radius 1 is 0.290 bits per heavy atom. The second-order valence-corrected chi connectivity index (χ2v) is 31.0. The second kappa shape index (κ2) is 64.7. The van der Waals surface area contributed by atoms with Crippen LogP contribution in [-0.2, 0) is 65.4 Å². The SMILES string of the molecule is CCCCCCCCCCCCCCCC(=O)OC[C@H](COP(=O)(O)OC[C@@H](O)COP(=O)(O)OC[C@@H](COC(=O)CCCCCCCCCCC(C)C)OC(=O)CCCCCCCCCCCC(C)C)OC(=O)CCCCCCCCCCCCCCCCC(C)C. The molecule has 0 aliphatic heterocycles. The molecule has 0 aromatic carbocycles. The molecule has 0 heterocycles. The highest BCUT2D eigenvalue weighted by molar-refractivity contribution is 7.47. The fourth-order valence-electron chi connectivity index (χ4n) is 11.2. The lowest BCUT2D eigenvalue weighted by Gasteiger charge is -2.21. The van der Waals surface area contributed by atoms with Gasteiger partial charge in [0, 0.05) is 25.7 Å². The van der Waals surface area contributed by atoms with Crippen LogP contribution in [0.4, 0.5) is 0 Å². The van der Waals surface area contributed by atoms with Crippen LogP contribution in [0.1, 0.15) is 376 Å². The van der Waals surface area contributed by atoms with Crippen molar-refractivity contribution in [2.75, 3.05) is 39.6 Å². The molecule has 0 aromatic rings. The van der Waals surface area contributed by atoms with Gasteiger partial charge in [-0.2, -0.15) is 0 Å². The Morgan fingerprint density at radius 2 is 0.495 bits per heavy atom. The van der Waals surface area contributed by atoms with Crippen molar-refractivity contribution >= 4 is 39.5 Å². The Morgan fingerprint density at radius 3 is 0.731 bits per heavy atom. The van der Waals surface area contributed by atoms with Crippen LogP contribution in [0, 0.1) is 17.8 Å².